The summed E-state index contributed by atoms with van der Waals surface area (Å²) in [5, 5.41) is 2.81. The average molecular weight is 235 g/mol. The van der Waals surface area contributed by atoms with E-state index in [4.69, 9.17) is 10.5 Å². The van der Waals surface area contributed by atoms with E-state index in [-0.39, 0.29) is 17.9 Å². The van der Waals surface area contributed by atoms with Crippen molar-refractivity contribution in [2.24, 2.45) is 5.92 Å². The molecule has 0 saturated carbocycles. The van der Waals surface area contributed by atoms with Gasteiger partial charge in [0.25, 0.3) is 0 Å². The third-order valence-electron chi connectivity index (χ3n) is 2.91. The molecule has 2 unspecified atom stereocenters. The first kappa shape index (κ1) is 11.9. The van der Waals surface area contributed by atoms with Gasteiger partial charge in [-0.25, -0.2) is 4.98 Å². The Bertz CT molecular complexity index is 434. The highest BCUT2D eigenvalue weighted by Gasteiger charge is 2.28. The van der Waals surface area contributed by atoms with Crippen LogP contribution in [-0.2, 0) is 9.53 Å². The number of pyridine rings is 1. The van der Waals surface area contributed by atoms with Gasteiger partial charge in [-0.3, -0.25) is 4.79 Å². The molecule has 0 aromatic carbocycles. The second-order valence-corrected chi connectivity index (χ2v) is 4.50. The normalized spacial score (nSPS) is 23.6. The van der Waals surface area contributed by atoms with Crippen LogP contribution in [0.3, 0.4) is 0 Å². The SMILES string of the molecule is Cc1cc(N)cnc1NC(=O)C1COC(C)C1. The fourth-order valence-electron chi connectivity index (χ4n) is 1.95. The number of hydrogen-bond donors (Lipinski definition) is 2. The maximum Gasteiger partial charge on any atom is 0.231 e. The number of rotatable bonds is 2. The molecule has 0 bridgehead atoms. The number of amides is 1. The fraction of sp³-hybridized carbons (Fsp3) is 0.500. The van der Waals surface area contributed by atoms with Gasteiger partial charge in [0.05, 0.1) is 30.5 Å². The maximum absolute atomic E-state index is 11.9. The Morgan fingerprint density at radius 1 is 1.65 bits per heavy atom. The Labute approximate surface area is 100 Å². The Morgan fingerprint density at radius 3 is 3.00 bits per heavy atom. The summed E-state index contributed by atoms with van der Waals surface area (Å²) in [6, 6.07) is 1.79. The van der Waals surface area contributed by atoms with E-state index < -0.39 is 0 Å². The van der Waals surface area contributed by atoms with Crippen molar-refractivity contribution in [2.45, 2.75) is 26.4 Å². The standard InChI is InChI=1S/C12H17N3O2/c1-7-3-10(13)5-14-11(7)15-12(16)9-4-8(2)17-6-9/h3,5,8-9H,4,6,13H2,1-2H3,(H,14,15,16). The van der Waals surface area contributed by atoms with Crippen LogP contribution < -0.4 is 11.1 Å². The zero-order chi connectivity index (χ0) is 12.4. The van der Waals surface area contributed by atoms with E-state index in [1.54, 1.807) is 6.07 Å². The summed E-state index contributed by atoms with van der Waals surface area (Å²) >= 11 is 0. The maximum atomic E-state index is 11.9. The lowest BCUT2D eigenvalue weighted by Crippen LogP contribution is -2.24. The summed E-state index contributed by atoms with van der Waals surface area (Å²) in [6.45, 7) is 4.33. The second kappa shape index (κ2) is 4.71. The van der Waals surface area contributed by atoms with Gasteiger partial charge in [0.15, 0.2) is 0 Å². The van der Waals surface area contributed by atoms with Crippen LogP contribution in [-0.4, -0.2) is 23.6 Å². The average Bonchev–Trinajstić information content (AvgIpc) is 2.69. The van der Waals surface area contributed by atoms with E-state index in [1.807, 2.05) is 13.8 Å². The molecule has 0 spiro atoms. The zero-order valence-corrected chi connectivity index (χ0v) is 10.1. The second-order valence-electron chi connectivity index (χ2n) is 4.50. The summed E-state index contributed by atoms with van der Waals surface area (Å²) in [5.41, 5.74) is 7.07. The van der Waals surface area contributed by atoms with Gasteiger partial charge in [0.2, 0.25) is 5.91 Å². The van der Waals surface area contributed by atoms with Gasteiger partial charge < -0.3 is 15.8 Å². The summed E-state index contributed by atoms with van der Waals surface area (Å²) in [5.74, 6) is 0.460. The van der Waals surface area contributed by atoms with Crippen molar-refractivity contribution in [3.05, 3.63) is 17.8 Å². The molecule has 2 rings (SSSR count). The minimum atomic E-state index is -0.0799. The number of nitrogens with zero attached hydrogens (tertiary/aromatic N) is 1. The Balaban J connectivity index is 2.03. The molecule has 92 valence electrons. The minimum absolute atomic E-state index is 0.0327. The number of nitrogens with two attached hydrogens (primary N) is 1. The molecule has 2 heterocycles. The van der Waals surface area contributed by atoms with Crippen LogP contribution >= 0.6 is 0 Å². The van der Waals surface area contributed by atoms with E-state index in [1.165, 1.54) is 6.20 Å². The highest BCUT2D eigenvalue weighted by Crippen LogP contribution is 2.21. The van der Waals surface area contributed by atoms with Crippen molar-refractivity contribution in [1.82, 2.24) is 4.98 Å². The van der Waals surface area contributed by atoms with Crippen LogP contribution in [0, 0.1) is 12.8 Å². The third kappa shape index (κ3) is 2.74. The van der Waals surface area contributed by atoms with Gasteiger partial charge in [-0.1, -0.05) is 0 Å². The smallest absolute Gasteiger partial charge is 0.231 e. The number of carbonyl (C=O) groups excluding carboxylic acids is 1. The third-order valence-corrected chi connectivity index (χ3v) is 2.91. The number of nitrogens with one attached hydrogen (secondary N) is 1. The van der Waals surface area contributed by atoms with Gasteiger partial charge >= 0.3 is 0 Å². The van der Waals surface area contributed by atoms with Crippen LogP contribution in [0.15, 0.2) is 12.3 Å². The lowest BCUT2D eigenvalue weighted by Gasteiger charge is -2.10. The molecule has 1 amide bonds. The molecule has 1 aromatic rings. The summed E-state index contributed by atoms with van der Waals surface area (Å²) in [4.78, 5) is 16.0. The number of hydrogen-bond acceptors (Lipinski definition) is 4. The fourth-order valence-corrected chi connectivity index (χ4v) is 1.95. The lowest BCUT2D eigenvalue weighted by atomic mass is 10.1. The van der Waals surface area contributed by atoms with Crippen LogP contribution in [0.4, 0.5) is 11.5 Å². The van der Waals surface area contributed by atoms with Crippen LogP contribution in [0.25, 0.3) is 0 Å². The Morgan fingerprint density at radius 2 is 2.41 bits per heavy atom. The van der Waals surface area contributed by atoms with Gasteiger partial charge in [0, 0.05) is 0 Å². The number of nitrogen functional groups attached to an aromatic ring is 1. The molecule has 0 aliphatic carbocycles. The van der Waals surface area contributed by atoms with Gasteiger partial charge in [-0.05, 0) is 31.9 Å². The number of aryl methyl sites for hydroxylation is 1. The van der Waals surface area contributed by atoms with Gasteiger partial charge in [-0.2, -0.15) is 0 Å². The molecular weight excluding hydrogens is 218 g/mol. The first-order valence-electron chi connectivity index (χ1n) is 5.71. The van der Waals surface area contributed by atoms with Crippen LogP contribution in [0.5, 0.6) is 0 Å². The molecule has 1 fully saturated rings. The van der Waals surface area contributed by atoms with Crippen molar-refractivity contribution in [3.63, 3.8) is 0 Å². The zero-order valence-electron chi connectivity index (χ0n) is 10.1. The number of aromatic nitrogens is 1. The Hall–Kier alpha value is -1.62. The lowest BCUT2D eigenvalue weighted by molar-refractivity contribution is -0.119. The van der Waals surface area contributed by atoms with E-state index >= 15 is 0 Å². The van der Waals surface area contributed by atoms with Gasteiger partial charge in [-0.15, -0.1) is 0 Å². The number of ether oxygens (including phenoxy) is 1. The van der Waals surface area contributed by atoms with Gasteiger partial charge in [0.1, 0.15) is 5.82 Å². The monoisotopic (exact) mass is 235 g/mol. The highest BCUT2D eigenvalue weighted by atomic mass is 16.5. The summed E-state index contributed by atoms with van der Waals surface area (Å²) < 4.78 is 5.37. The minimum Gasteiger partial charge on any atom is -0.397 e. The molecule has 1 saturated heterocycles. The van der Waals surface area contributed by atoms with Crippen molar-refractivity contribution in [2.75, 3.05) is 17.7 Å². The van der Waals surface area contributed by atoms with E-state index in [0.29, 0.717) is 18.1 Å². The molecule has 5 nitrogen and oxygen atoms in total. The van der Waals surface area contributed by atoms with Crippen molar-refractivity contribution in [3.8, 4) is 0 Å². The molecule has 3 N–H and O–H groups in total. The molecule has 17 heavy (non-hydrogen) atoms. The van der Waals surface area contributed by atoms with Crippen LogP contribution in [0.2, 0.25) is 0 Å². The molecule has 2 atom stereocenters. The first-order chi connectivity index (χ1) is 8.06. The predicted molar refractivity (Wildman–Crippen MR) is 65.5 cm³/mol. The van der Waals surface area contributed by atoms with E-state index in [0.717, 1.165) is 12.0 Å². The molecule has 1 aliphatic rings. The molecular formula is C12H17N3O2. The molecule has 5 heteroatoms. The molecule has 1 aliphatic heterocycles. The largest absolute Gasteiger partial charge is 0.397 e. The van der Waals surface area contributed by atoms with Crippen LogP contribution in [0.1, 0.15) is 18.9 Å². The topological polar surface area (TPSA) is 77.2 Å². The summed E-state index contributed by atoms with van der Waals surface area (Å²) in [6.07, 6.45) is 2.46. The van der Waals surface area contributed by atoms with Crippen molar-refractivity contribution in [1.29, 1.82) is 0 Å². The molecule has 1 aromatic heterocycles. The molecule has 0 radical (unpaired) electrons. The van der Waals surface area contributed by atoms with Crippen molar-refractivity contribution >= 4 is 17.4 Å². The predicted octanol–water partition coefficient (Wildman–Crippen LogP) is 1.34. The number of carbonyl (C=O) groups is 1. The Kier molecular flexibility index (Phi) is 3.28. The summed E-state index contributed by atoms with van der Waals surface area (Å²) in [7, 11) is 0. The number of anilines is 2. The van der Waals surface area contributed by atoms with E-state index in [2.05, 4.69) is 10.3 Å². The first-order valence-corrected chi connectivity index (χ1v) is 5.71. The highest BCUT2D eigenvalue weighted by molar-refractivity contribution is 5.92. The van der Waals surface area contributed by atoms with E-state index in [9.17, 15) is 4.79 Å². The quantitative estimate of drug-likeness (QED) is 0.810. The van der Waals surface area contributed by atoms with Crippen molar-refractivity contribution < 1.29 is 9.53 Å².